The molecule has 1 aromatic rings. The second kappa shape index (κ2) is 9.77. The maximum absolute atomic E-state index is 12.8. The van der Waals surface area contributed by atoms with Crippen molar-refractivity contribution < 1.29 is 14.4 Å². The van der Waals surface area contributed by atoms with Crippen LogP contribution in [0.5, 0.6) is 0 Å². The van der Waals surface area contributed by atoms with E-state index in [0.717, 1.165) is 32.1 Å². The molecule has 27 heavy (non-hydrogen) atoms. The van der Waals surface area contributed by atoms with Crippen LogP contribution in [-0.4, -0.2) is 39.9 Å². The van der Waals surface area contributed by atoms with E-state index in [0.29, 0.717) is 25.8 Å². The van der Waals surface area contributed by atoms with Gasteiger partial charge < -0.3 is 4.90 Å². The third-order valence-corrected chi connectivity index (χ3v) is 5.69. The molecule has 1 aliphatic heterocycles. The molecule has 0 spiro atoms. The first kappa shape index (κ1) is 21.3. The van der Waals surface area contributed by atoms with Crippen molar-refractivity contribution in [3.63, 3.8) is 0 Å². The molecule has 5 heteroatoms. The van der Waals surface area contributed by atoms with Gasteiger partial charge in [0.1, 0.15) is 0 Å². The van der Waals surface area contributed by atoms with Gasteiger partial charge in [-0.2, -0.15) is 0 Å². The summed E-state index contributed by atoms with van der Waals surface area (Å²) in [4.78, 5) is 43.7. The number of ketones is 2. The van der Waals surface area contributed by atoms with Crippen molar-refractivity contribution in [3.8, 4) is 0 Å². The molecule has 1 saturated heterocycles. The Balaban J connectivity index is 1.90. The Hall–Kier alpha value is -2.04. The Kier molecular flexibility index (Phi) is 7.69. The van der Waals surface area contributed by atoms with Gasteiger partial charge in [-0.3, -0.25) is 19.4 Å². The Labute approximate surface area is 162 Å². The van der Waals surface area contributed by atoms with E-state index < -0.39 is 17.4 Å². The van der Waals surface area contributed by atoms with Gasteiger partial charge in [-0.05, 0) is 56.6 Å². The van der Waals surface area contributed by atoms with Crippen LogP contribution >= 0.6 is 0 Å². The first-order chi connectivity index (χ1) is 12.9. The number of rotatable bonds is 9. The first-order valence-corrected chi connectivity index (χ1v) is 10.1. The molecule has 0 aliphatic carbocycles. The molecule has 0 saturated carbocycles. The Bertz CT molecular complexity index is 655. The number of carbonyl (C=O) groups excluding carboxylic acids is 3. The number of hydrogen-bond donors (Lipinski definition) is 0. The highest BCUT2D eigenvalue weighted by atomic mass is 16.2. The predicted molar refractivity (Wildman–Crippen MR) is 105 cm³/mol. The van der Waals surface area contributed by atoms with E-state index in [9.17, 15) is 14.4 Å². The maximum atomic E-state index is 12.8. The van der Waals surface area contributed by atoms with Crippen molar-refractivity contribution in [3.05, 3.63) is 30.1 Å². The molecule has 1 aliphatic rings. The van der Waals surface area contributed by atoms with Crippen LogP contribution in [0.3, 0.4) is 0 Å². The van der Waals surface area contributed by atoms with Gasteiger partial charge in [-0.25, -0.2) is 0 Å². The third kappa shape index (κ3) is 5.72. The van der Waals surface area contributed by atoms with E-state index in [4.69, 9.17) is 0 Å². The van der Waals surface area contributed by atoms with Crippen molar-refractivity contribution in [1.29, 1.82) is 0 Å². The van der Waals surface area contributed by atoms with Crippen molar-refractivity contribution in [2.45, 2.75) is 78.2 Å². The lowest BCUT2D eigenvalue weighted by Gasteiger charge is -2.36. The van der Waals surface area contributed by atoms with Crippen molar-refractivity contribution in [1.82, 2.24) is 9.88 Å². The average molecular weight is 373 g/mol. The number of pyridine rings is 1. The van der Waals surface area contributed by atoms with Gasteiger partial charge in [0.2, 0.25) is 5.78 Å². The molecular weight excluding hydrogens is 340 g/mol. The standard InChI is InChI=1S/C22H32N2O3/c1-4-22(2,3)20(26)21(27)24-15-8-7-12-18(24)19(25)13-6-5-10-17-11-9-14-23-16-17/h9,11,14,16,18H,4-8,10,12-13,15H2,1-3H3. The fraction of sp³-hybridized carbons (Fsp3) is 0.636. The largest absolute Gasteiger partial charge is 0.326 e. The van der Waals surface area contributed by atoms with E-state index >= 15 is 0 Å². The molecule has 1 atom stereocenters. The Morgan fingerprint density at radius 3 is 2.67 bits per heavy atom. The van der Waals surface area contributed by atoms with Crippen LogP contribution in [0, 0.1) is 5.41 Å². The molecule has 1 fully saturated rings. The van der Waals surface area contributed by atoms with Crippen LogP contribution in [0.4, 0.5) is 0 Å². The number of aryl methyl sites for hydroxylation is 1. The minimum atomic E-state index is -0.675. The van der Waals surface area contributed by atoms with Crippen LogP contribution in [0.2, 0.25) is 0 Å². The van der Waals surface area contributed by atoms with Crippen molar-refractivity contribution in [2.75, 3.05) is 6.54 Å². The quantitative estimate of drug-likeness (QED) is 0.489. The minimum absolute atomic E-state index is 0.0938. The van der Waals surface area contributed by atoms with Gasteiger partial charge in [0.05, 0.1) is 6.04 Å². The second-order valence-electron chi connectivity index (χ2n) is 8.11. The number of Topliss-reactive ketones (excluding diaryl/α,β-unsaturated/α-hetero) is 2. The molecule has 0 bridgehead atoms. The minimum Gasteiger partial charge on any atom is -0.326 e. The van der Waals surface area contributed by atoms with Gasteiger partial charge >= 0.3 is 0 Å². The molecular formula is C22H32N2O3. The summed E-state index contributed by atoms with van der Waals surface area (Å²) < 4.78 is 0. The Morgan fingerprint density at radius 1 is 1.22 bits per heavy atom. The number of likely N-dealkylation sites (tertiary alicyclic amines) is 1. The molecule has 1 amide bonds. The first-order valence-electron chi connectivity index (χ1n) is 10.1. The third-order valence-electron chi connectivity index (χ3n) is 5.69. The zero-order chi connectivity index (χ0) is 19.9. The van der Waals surface area contributed by atoms with Crippen molar-refractivity contribution in [2.24, 2.45) is 5.41 Å². The van der Waals surface area contributed by atoms with Crippen LogP contribution in [0.15, 0.2) is 24.5 Å². The second-order valence-corrected chi connectivity index (χ2v) is 8.11. The highest BCUT2D eigenvalue weighted by Crippen LogP contribution is 2.26. The zero-order valence-electron chi connectivity index (χ0n) is 16.9. The van der Waals surface area contributed by atoms with Crippen LogP contribution in [0.25, 0.3) is 0 Å². The summed E-state index contributed by atoms with van der Waals surface area (Å²) in [5.74, 6) is -0.757. The number of amides is 1. The molecule has 2 rings (SSSR count). The highest BCUT2D eigenvalue weighted by Gasteiger charge is 2.39. The Morgan fingerprint density at radius 2 is 2.00 bits per heavy atom. The van der Waals surface area contributed by atoms with E-state index in [1.807, 2.05) is 25.3 Å². The maximum Gasteiger partial charge on any atom is 0.291 e. The number of nitrogens with zero attached hydrogens (tertiary/aromatic N) is 2. The number of hydrogen-bond acceptors (Lipinski definition) is 4. The van der Waals surface area contributed by atoms with Crippen molar-refractivity contribution >= 4 is 17.5 Å². The monoisotopic (exact) mass is 372 g/mol. The summed E-state index contributed by atoms with van der Waals surface area (Å²) in [5.41, 5.74) is 0.498. The SMILES string of the molecule is CCC(C)(C)C(=O)C(=O)N1CCCCC1C(=O)CCCCc1cccnc1. The number of aromatic nitrogens is 1. The summed E-state index contributed by atoms with van der Waals surface area (Å²) in [6.07, 6.45) is 9.74. The summed E-state index contributed by atoms with van der Waals surface area (Å²) in [6.45, 7) is 6.02. The van der Waals surface area contributed by atoms with Gasteiger partial charge in [0.15, 0.2) is 5.78 Å². The fourth-order valence-corrected chi connectivity index (χ4v) is 3.43. The molecule has 0 radical (unpaired) electrons. The zero-order valence-corrected chi connectivity index (χ0v) is 16.9. The molecule has 0 N–H and O–H groups in total. The summed E-state index contributed by atoms with van der Waals surface area (Å²) in [7, 11) is 0. The lowest BCUT2D eigenvalue weighted by atomic mass is 9.83. The summed E-state index contributed by atoms with van der Waals surface area (Å²) >= 11 is 0. The predicted octanol–water partition coefficient (Wildman–Crippen LogP) is 3.75. The van der Waals surface area contributed by atoms with Crippen LogP contribution in [0.1, 0.15) is 71.3 Å². The molecule has 148 valence electrons. The normalized spacial score (nSPS) is 17.6. The lowest BCUT2D eigenvalue weighted by Crippen LogP contribution is -2.52. The van der Waals surface area contributed by atoms with Gasteiger partial charge in [0, 0.05) is 30.8 Å². The van der Waals surface area contributed by atoms with E-state index in [2.05, 4.69) is 4.98 Å². The average Bonchev–Trinajstić information content (AvgIpc) is 2.70. The number of carbonyl (C=O) groups is 3. The van der Waals surface area contributed by atoms with Gasteiger partial charge in [0.25, 0.3) is 5.91 Å². The van der Waals surface area contributed by atoms with Gasteiger partial charge in [-0.15, -0.1) is 0 Å². The fourth-order valence-electron chi connectivity index (χ4n) is 3.43. The summed E-state index contributed by atoms with van der Waals surface area (Å²) in [5, 5.41) is 0. The highest BCUT2D eigenvalue weighted by molar-refractivity contribution is 6.38. The number of unbranched alkanes of at least 4 members (excludes halogenated alkanes) is 1. The smallest absolute Gasteiger partial charge is 0.291 e. The summed E-state index contributed by atoms with van der Waals surface area (Å²) in [6, 6.07) is 3.53. The molecule has 1 aromatic heterocycles. The molecule has 2 heterocycles. The van der Waals surface area contributed by atoms with Gasteiger partial charge in [-0.1, -0.05) is 26.8 Å². The molecule has 1 unspecified atom stereocenters. The number of piperidine rings is 1. The van der Waals surface area contributed by atoms with E-state index in [-0.39, 0.29) is 11.6 Å². The molecule has 5 nitrogen and oxygen atoms in total. The van der Waals surface area contributed by atoms with Crippen LogP contribution < -0.4 is 0 Å². The molecule has 0 aromatic carbocycles. The van der Waals surface area contributed by atoms with Crippen LogP contribution in [-0.2, 0) is 20.8 Å². The lowest BCUT2D eigenvalue weighted by molar-refractivity contribution is -0.153. The van der Waals surface area contributed by atoms with E-state index in [1.165, 1.54) is 5.56 Å². The topological polar surface area (TPSA) is 67.3 Å². The van der Waals surface area contributed by atoms with E-state index in [1.54, 1.807) is 24.9 Å².